The molecule has 36 heavy (non-hydrogen) atoms. The summed E-state index contributed by atoms with van der Waals surface area (Å²) in [5.74, 6) is 2.04. The van der Waals surface area contributed by atoms with Crippen molar-refractivity contribution in [2.24, 2.45) is 0 Å². The van der Waals surface area contributed by atoms with E-state index in [-0.39, 0.29) is 11.5 Å². The van der Waals surface area contributed by atoms with Crippen molar-refractivity contribution in [1.29, 1.82) is 0 Å². The van der Waals surface area contributed by atoms with Crippen molar-refractivity contribution in [1.82, 2.24) is 19.9 Å². The molecule has 0 unspecified atom stereocenters. The zero-order valence-corrected chi connectivity index (χ0v) is 20.8. The monoisotopic (exact) mass is 503 g/mol. The average molecular weight is 504 g/mol. The van der Waals surface area contributed by atoms with Crippen LogP contribution in [0.2, 0.25) is 0 Å². The molecular weight excluding hydrogens is 474 g/mol. The third kappa shape index (κ3) is 6.35. The first kappa shape index (κ1) is 24.1. The maximum absolute atomic E-state index is 11.6. The van der Waals surface area contributed by atoms with E-state index in [0.29, 0.717) is 19.7 Å². The normalized spacial score (nSPS) is 15.6. The van der Waals surface area contributed by atoms with Gasteiger partial charge in [0, 0.05) is 29.9 Å². The number of aryl methyl sites for hydroxylation is 1. The lowest BCUT2D eigenvalue weighted by atomic mass is 10.1. The van der Waals surface area contributed by atoms with Crippen LogP contribution in [0.15, 0.2) is 73.2 Å². The van der Waals surface area contributed by atoms with Gasteiger partial charge in [0.15, 0.2) is 9.84 Å². The van der Waals surface area contributed by atoms with E-state index in [1.807, 2.05) is 60.7 Å². The van der Waals surface area contributed by atoms with Gasteiger partial charge in [-0.05, 0) is 55.3 Å². The van der Waals surface area contributed by atoms with Crippen molar-refractivity contribution in [2.75, 3.05) is 36.5 Å². The number of sulfone groups is 1. The van der Waals surface area contributed by atoms with E-state index in [2.05, 4.69) is 25.2 Å². The Morgan fingerprint density at radius 2 is 1.72 bits per heavy atom. The highest BCUT2D eigenvalue weighted by atomic mass is 32.2. The fourth-order valence-corrected chi connectivity index (χ4v) is 5.49. The smallest absolute Gasteiger partial charge is 0.152 e. The second-order valence-electron chi connectivity index (χ2n) is 8.94. The molecule has 0 saturated carbocycles. The number of benzene rings is 2. The number of anilines is 2. The van der Waals surface area contributed by atoms with Crippen LogP contribution in [-0.4, -0.2) is 59.4 Å². The summed E-state index contributed by atoms with van der Waals surface area (Å²) in [6, 6.07) is 19.9. The van der Waals surface area contributed by atoms with Gasteiger partial charge in [-0.3, -0.25) is 4.98 Å². The molecule has 8 nitrogen and oxygen atoms in total. The summed E-state index contributed by atoms with van der Waals surface area (Å²) in [4.78, 5) is 15.6. The molecule has 186 valence electrons. The van der Waals surface area contributed by atoms with E-state index in [1.54, 1.807) is 6.20 Å². The summed E-state index contributed by atoms with van der Waals surface area (Å²) in [6.07, 6.45) is 5.04. The summed E-state index contributed by atoms with van der Waals surface area (Å²) < 4.78 is 29.1. The number of nitrogens with zero attached hydrogens (tertiary/aromatic N) is 4. The number of nitrogens with one attached hydrogen (secondary N) is 1. The fourth-order valence-electron chi connectivity index (χ4n) is 4.21. The van der Waals surface area contributed by atoms with Crippen LogP contribution in [0.1, 0.15) is 17.7 Å². The van der Waals surface area contributed by atoms with Gasteiger partial charge in [0.1, 0.15) is 24.5 Å². The summed E-state index contributed by atoms with van der Waals surface area (Å²) in [6.45, 7) is 2.62. The molecular formula is C27H29N5O3S. The number of fused-ring (bicyclic) bond motifs is 1. The van der Waals surface area contributed by atoms with Crippen LogP contribution in [0, 0.1) is 0 Å². The van der Waals surface area contributed by atoms with E-state index in [1.165, 1.54) is 6.33 Å². The Kier molecular flexibility index (Phi) is 7.39. The molecule has 5 rings (SSSR count). The van der Waals surface area contributed by atoms with E-state index in [0.717, 1.165) is 58.8 Å². The highest BCUT2D eigenvalue weighted by Gasteiger charge is 2.21. The molecule has 2 aromatic heterocycles. The summed E-state index contributed by atoms with van der Waals surface area (Å²) >= 11 is 0. The Hall–Kier alpha value is -3.56. The topological polar surface area (TPSA) is 97.3 Å². The van der Waals surface area contributed by atoms with Crippen molar-refractivity contribution >= 4 is 32.2 Å². The summed E-state index contributed by atoms with van der Waals surface area (Å²) in [5.41, 5.74) is 3.77. The third-order valence-corrected chi connectivity index (χ3v) is 7.90. The third-order valence-electron chi connectivity index (χ3n) is 6.29. The molecule has 4 aromatic rings. The van der Waals surface area contributed by atoms with Gasteiger partial charge >= 0.3 is 0 Å². The number of pyridine rings is 1. The highest BCUT2D eigenvalue weighted by Crippen LogP contribution is 2.25. The first-order valence-electron chi connectivity index (χ1n) is 12.1. The predicted molar refractivity (Wildman–Crippen MR) is 141 cm³/mol. The maximum atomic E-state index is 11.6. The molecule has 1 saturated heterocycles. The first-order chi connectivity index (χ1) is 17.5. The van der Waals surface area contributed by atoms with E-state index >= 15 is 0 Å². The van der Waals surface area contributed by atoms with Gasteiger partial charge in [-0.1, -0.05) is 30.3 Å². The van der Waals surface area contributed by atoms with Crippen molar-refractivity contribution in [3.63, 3.8) is 0 Å². The van der Waals surface area contributed by atoms with Crippen LogP contribution in [0.3, 0.4) is 0 Å². The minimum absolute atomic E-state index is 0.258. The molecule has 0 spiro atoms. The number of hydrogen-bond donors (Lipinski definition) is 1. The zero-order valence-electron chi connectivity index (χ0n) is 20.0. The molecule has 0 aliphatic carbocycles. The van der Waals surface area contributed by atoms with Gasteiger partial charge in [0.05, 0.1) is 23.2 Å². The van der Waals surface area contributed by atoms with Crippen LogP contribution >= 0.6 is 0 Å². The lowest BCUT2D eigenvalue weighted by Crippen LogP contribution is -2.40. The SMILES string of the molecule is O=S1(=O)CCN(CCCc2cc3c(Nc4ccc(OCc5ccccc5)cc4)ncnc3cn2)CC1. The molecule has 1 N–H and O–H groups in total. The molecule has 0 bridgehead atoms. The Labute approximate surface area is 211 Å². The van der Waals surface area contributed by atoms with Gasteiger partial charge in [-0.15, -0.1) is 0 Å². The van der Waals surface area contributed by atoms with Crippen LogP contribution in [0.25, 0.3) is 10.9 Å². The van der Waals surface area contributed by atoms with Crippen LogP contribution in [0.5, 0.6) is 5.75 Å². The molecule has 1 fully saturated rings. The fraction of sp³-hybridized carbons (Fsp3) is 0.296. The maximum Gasteiger partial charge on any atom is 0.152 e. The van der Waals surface area contributed by atoms with Crippen LogP contribution < -0.4 is 10.1 Å². The zero-order chi connectivity index (χ0) is 24.8. The Balaban J connectivity index is 1.20. The molecule has 1 aliphatic heterocycles. The molecule has 1 aliphatic rings. The van der Waals surface area contributed by atoms with Gasteiger partial charge in [0.25, 0.3) is 0 Å². The Bertz CT molecular complexity index is 1400. The van der Waals surface area contributed by atoms with Gasteiger partial charge < -0.3 is 15.0 Å². The van der Waals surface area contributed by atoms with Crippen LogP contribution in [-0.2, 0) is 22.9 Å². The Morgan fingerprint density at radius 1 is 0.944 bits per heavy atom. The standard InChI is InChI=1S/C27H29N5O3S/c33-36(34)15-13-32(14-16-36)12-4-7-23-17-25-26(18-28-23)29-20-30-27(25)31-22-8-10-24(11-9-22)35-19-21-5-2-1-3-6-21/h1-3,5-6,8-11,17-18,20H,4,7,12-16,19H2,(H,29,30,31). The largest absolute Gasteiger partial charge is 0.489 e. The number of rotatable bonds is 9. The number of ether oxygens (including phenoxy) is 1. The molecule has 0 amide bonds. The van der Waals surface area contributed by atoms with Crippen molar-refractivity contribution in [3.05, 3.63) is 84.4 Å². The summed E-state index contributed by atoms with van der Waals surface area (Å²) in [7, 11) is -2.85. The lowest BCUT2D eigenvalue weighted by Gasteiger charge is -2.26. The molecule has 0 radical (unpaired) electrons. The Morgan fingerprint density at radius 3 is 2.50 bits per heavy atom. The predicted octanol–water partition coefficient (Wildman–Crippen LogP) is 4.01. The quantitative estimate of drug-likeness (QED) is 0.366. The second-order valence-corrected chi connectivity index (χ2v) is 11.2. The number of aromatic nitrogens is 3. The van der Waals surface area contributed by atoms with E-state index < -0.39 is 9.84 Å². The molecule has 2 aromatic carbocycles. The van der Waals surface area contributed by atoms with Gasteiger partial charge in [-0.25, -0.2) is 18.4 Å². The second kappa shape index (κ2) is 11.0. The van der Waals surface area contributed by atoms with Crippen molar-refractivity contribution < 1.29 is 13.2 Å². The van der Waals surface area contributed by atoms with E-state index in [9.17, 15) is 8.42 Å². The average Bonchev–Trinajstić information content (AvgIpc) is 2.90. The lowest BCUT2D eigenvalue weighted by molar-refractivity contribution is 0.291. The minimum Gasteiger partial charge on any atom is -0.489 e. The van der Waals surface area contributed by atoms with Gasteiger partial charge in [-0.2, -0.15) is 0 Å². The van der Waals surface area contributed by atoms with Crippen molar-refractivity contribution in [2.45, 2.75) is 19.4 Å². The first-order valence-corrected chi connectivity index (χ1v) is 13.9. The molecule has 0 atom stereocenters. The highest BCUT2D eigenvalue weighted by molar-refractivity contribution is 7.91. The van der Waals surface area contributed by atoms with E-state index in [4.69, 9.17) is 4.74 Å². The molecule has 9 heteroatoms. The van der Waals surface area contributed by atoms with Crippen molar-refractivity contribution in [3.8, 4) is 5.75 Å². The van der Waals surface area contributed by atoms with Gasteiger partial charge in [0.2, 0.25) is 0 Å². The summed E-state index contributed by atoms with van der Waals surface area (Å²) in [5, 5.41) is 4.30. The number of hydrogen-bond acceptors (Lipinski definition) is 8. The van der Waals surface area contributed by atoms with Crippen LogP contribution in [0.4, 0.5) is 11.5 Å². The molecule has 3 heterocycles. The minimum atomic E-state index is -2.85.